The summed E-state index contributed by atoms with van der Waals surface area (Å²) in [5.74, 6) is 0.852. The van der Waals surface area contributed by atoms with Crippen LogP contribution in [0.15, 0.2) is 48.8 Å². The summed E-state index contributed by atoms with van der Waals surface area (Å²) in [5.41, 5.74) is 4.35. The molecule has 0 radical (unpaired) electrons. The summed E-state index contributed by atoms with van der Waals surface area (Å²) in [6, 6.07) is 12.2. The molecule has 0 amide bonds. The van der Waals surface area contributed by atoms with E-state index in [4.69, 9.17) is 0 Å². The van der Waals surface area contributed by atoms with Crippen molar-refractivity contribution in [3.05, 3.63) is 60.0 Å². The van der Waals surface area contributed by atoms with Gasteiger partial charge in [0, 0.05) is 11.9 Å². The molecule has 0 atom stereocenters. The Hall–Kier alpha value is -2.53. The molecule has 4 heterocycles. The van der Waals surface area contributed by atoms with E-state index in [9.17, 15) is 0 Å². The number of pyridine rings is 2. The van der Waals surface area contributed by atoms with Crippen LogP contribution in [0.5, 0.6) is 0 Å². The highest BCUT2D eigenvalue weighted by molar-refractivity contribution is 7.22. The maximum atomic E-state index is 4.62. The van der Waals surface area contributed by atoms with Crippen molar-refractivity contribution in [3.8, 4) is 16.4 Å². The Bertz CT molecular complexity index is 951. The summed E-state index contributed by atoms with van der Waals surface area (Å²) in [6.07, 6.45) is 4.71. The number of aromatic nitrogens is 4. The highest BCUT2D eigenvalue weighted by Gasteiger charge is 2.16. The lowest BCUT2D eigenvalue weighted by atomic mass is 10.1. The van der Waals surface area contributed by atoms with Crippen LogP contribution in [0.25, 0.3) is 26.6 Å². The average Bonchev–Trinajstić information content (AvgIpc) is 3.18. The molecule has 23 heavy (non-hydrogen) atoms. The van der Waals surface area contributed by atoms with Gasteiger partial charge in [0.2, 0.25) is 0 Å². The molecule has 4 aromatic heterocycles. The Morgan fingerprint density at radius 1 is 1.17 bits per heavy atom. The number of rotatable bonds is 3. The highest BCUT2D eigenvalue weighted by atomic mass is 32.1. The minimum atomic E-state index is 0.852. The molecule has 0 bridgehead atoms. The summed E-state index contributed by atoms with van der Waals surface area (Å²) in [7, 11) is 0. The van der Waals surface area contributed by atoms with Crippen molar-refractivity contribution in [2.75, 3.05) is 0 Å². The summed E-state index contributed by atoms with van der Waals surface area (Å²) in [5, 5.41) is 4.59. The molecule has 4 aromatic rings. The lowest BCUT2D eigenvalue weighted by Crippen LogP contribution is -2.02. The minimum Gasteiger partial charge on any atom is -0.255 e. The zero-order chi connectivity index (χ0) is 15.8. The van der Waals surface area contributed by atoms with Gasteiger partial charge in [-0.15, -0.1) is 11.3 Å². The molecule has 4 nitrogen and oxygen atoms in total. The van der Waals surface area contributed by atoms with Gasteiger partial charge in [0.1, 0.15) is 0 Å². The second-order valence-corrected chi connectivity index (χ2v) is 6.50. The fraction of sp³-hybridized carbons (Fsp3) is 0.167. The van der Waals surface area contributed by atoms with E-state index >= 15 is 0 Å². The second kappa shape index (κ2) is 5.59. The van der Waals surface area contributed by atoms with Gasteiger partial charge in [-0.05, 0) is 49.2 Å². The zero-order valence-electron chi connectivity index (χ0n) is 13.0. The van der Waals surface area contributed by atoms with E-state index in [1.165, 1.54) is 15.1 Å². The first kappa shape index (κ1) is 14.1. The van der Waals surface area contributed by atoms with Crippen LogP contribution in [-0.2, 0) is 6.42 Å². The molecule has 4 rings (SSSR count). The van der Waals surface area contributed by atoms with Gasteiger partial charge >= 0.3 is 0 Å². The van der Waals surface area contributed by atoms with Crippen LogP contribution in [-0.4, -0.2) is 19.7 Å². The fourth-order valence-electron chi connectivity index (χ4n) is 2.71. The summed E-state index contributed by atoms with van der Waals surface area (Å²) >= 11 is 1.75. The monoisotopic (exact) mass is 320 g/mol. The van der Waals surface area contributed by atoms with Crippen molar-refractivity contribution in [2.24, 2.45) is 0 Å². The summed E-state index contributed by atoms with van der Waals surface area (Å²) < 4.78 is 3.13. The number of thiophene rings is 1. The maximum absolute atomic E-state index is 4.62. The number of fused-ring (bicyclic) bond motifs is 1. The Balaban J connectivity index is 1.95. The number of hydrogen-bond acceptors (Lipinski definition) is 4. The van der Waals surface area contributed by atoms with Crippen molar-refractivity contribution < 1.29 is 0 Å². The molecule has 0 fully saturated rings. The van der Waals surface area contributed by atoms with E-state index in [-0.39, 0.29) is 0 Å². The predicted molar refractivity (Wildman–Crippen MR) is 94.1 cm³/mol. The van der Waals surface area contributed by atoms with E-state index in [1.54, 1.807) is 11.3 Å². The summed E-state index contributed by atoms with van der Waals surface area (Å²) in [6.45, 7) is 4.15. The standard InChI is InChI=1S/C18H16N4S/c1-3-13-11-20-22(17-8-4-6-12(2)21-17)18(13)16-10-14-15(23-16)7-5-9-19-14/h4-11H,3H2,1-2H3. The average molecular weight is 320 g/mol. The molecule has 5 heteroatoms. The molecular formula is C18H16N4S. The quantitative estimate of drug-likeness (QED) is 0.561. The van der Waals surface area contributed by atoms with E-state index < -0.39 is 0 Å². The van der Waals surface area contributed by atoms with Gasteiger partial charge in [-0.3, -0.25) is 4.98 Å². The molecule has 0 N–H and O–H groups in total. The van der Waals surface area contributed by atoms with Gasteiger partial charge in [0.05, 0.1) is 27.0 Å². The Labute approximate surface area is 138 Å². The molecule has 0 saturated carbocycles. The third-order valence-corrected chi connectivity index (χ3v) is 4.93. The van der Waals surface area contributed by atoms with Crippen LogP contribution in [0.2, 0.25) is 0 Å². The van der Waals surface area contributed by atoms with Gasteiger partial charge in [0.15, 0.2) is 5.82 Å². The van der Waals surface area contributed by atoms with E-state index in [0.717, 1.165) is 29.1 Å². The van der Waals surface area contributed by atoms with E-state index in [2.05, 4.69) is 34.1 Å². The van der Waals surface area contributed by atoms with Gasteiger partial charge in [-0.2, -0.15) is 5.10 Å². The van der Waals surface area contributed by atoms with Crippen LogP contribution in [0.4, 0.5) is 0 Å². The Kier molecular flexibility index (Phi) is 3.42. The molecule has 0 aliphatic heterocycles. The van der Waals surface area contributed by atoms with E-state index in [1.807, 2.05) is 48.3 Å². The molecule has 0 saturated heterocycles. The molecule has 0 aliphatic carbocycles. The molecular weight excluding hydrogens is 304 g/mol. The highest BCUT2D eigenvalue weighted by Crippen LogP contribution is 2.35. The normalized spacial score (nSPS) is 11.2. The first-order chi connectivity index (χ1) is 11.3. The third kappa shape index (κ3) is 2.43. The molecule has 0 spiro atoms. The third-order valence-electron chi connectivity index (χ3n) is 3.84. The summed E-state index contributed by atoms with van der Waals surface area (Å²) in [4.78, 5) is 10.2. The Morgan fingerprint density at radius 2 is 2.09 bits per heavy atom. The number of aryl methyl sites for hydroxylation is 2. The predicted octanol–water partition coefficient (Wildman–Crippen LogP) is 4.41. The van der Waals surface area contributed by atoms with E-state index in [0.29, 0.717) is 0 Å². The molecule has 0 aliphatic rings. The van der Waals surface area contributed by atoms with Crippen molar-refractivity contribution in [1.29, 1.82) is 0 Å². The van der Waals surface area contributed by atoms with Crippen molar-refractivity contribution >= 4 is 21.6 Å². The van der Waals surface area contributed by atoms with Gasteiger partial charge in [0.25, 0.3) is 0 Å². The topological polar surface area (TPSA) is 43.6 Å². The first-order valence-corrected chi connectivity index (χ1v) is 8.44. The van der Waals surface area contributed by atoms with Crippen LogP contribution in [0.3, 0.4) is 0 Å². The largest absolute Gasteiger partial charge is 0.255 e. The smallest absolute Gasteiger partial charge is 0.154 e. The number of hydrogen-bond donors (Lipinski definition) is 0. The van der Waals surface area contributed by atoms with Crippen LogP contribution >= 0.6 is 11.3 Å². The van der Waals surface area contributed by atoms with Crippen molar-refractivity contribution in [1.82, 2.24) is 19.7 Å². The molecule has 0 aromatic carbocycles. The fourth-order valence-corrected chi connectivity index (χ4v) is 3.79. The molecule has 114 valence electrons. The lowest BCUT2D eigenvalue weighted by molar-refractivity contribution is 0.849. The lowest BCUT2D eigenvalue weighted by Gasteiger charge is -2.07. The Morgan fingerprint density at radius 3 is 2.87 bits per heavy atom. The van der Waals surface area contributed by atoms with Crippen LogP contribution < -0.4 is 0 Å². The van der Waals surface area contributed by atoms with Crippen molar-refractivity contribution in [3.63, 3.8) is 0 Å². The van der Waals surface area contributed by atoms with Crippen LogP contribution in [0, 0.1) is 6.92 Å². The van der Waals surface area contributed by atoms with Gasteiger partial charge < -0.3 is 0 Å². The first-order valence-electron chi connectivity index (χ1n) is 7.62. The van der Waals surface area contributed by atoms with Gasteiger partial charge in [-0.1, -0.05) is 13.0 Å². The van der Waals surface area contributed by atoms with Gasteiger partial charge in [-0.25, -0.2) is 9.67 Å². The number of nitrogens with zero attached hydrogens (tertiary/aromatic N) is 4. The molecule has 0 unspecified atom stereocenters. The SMILES string of the molecule is CCc1cnn(-c2cccc(C)n2)c1-c1cc2ncccc2s1. The van der Waals surface area contributed by atoms with Crippen LogP contribution in [0.1, 0.15) is 18.2 Å². The van der Waals surface area contributed by atoms with Crippen molar-refractivity contribution in [2.45, 2.75) is 20.3 Å². The minimum absolute atomic E-state index is 0.852. The second-order valence-electron chi connectivity index (χ2n) is 5.42. The maximum Gasteiger partial charge on any atom is 0.154 e. The zero-order valence-corrected chi connectivity index (χ0v) is 13.8.